The number of carbonyl (C=O) groups is 1. The Morgan fingerprint density at radius 2 is 1.90 bits per heavy atom. The van der Waals surface area contributed by atoms with Crippen molar-refractivity contribution in [1.82, 2.24) is 9.80 Å². The molecule has 122 valence electrons. The van der Waals surface area contributed by atoms with Gasteiger partial charge in [0.15, 0.2) is 0 Å². The number of carbonyl (C=O) groups excluding carboxylic acids is 1. The molecule has 1 rings (SSSR count). The molecule has 1 amide bonds. The monoisotopic (exact) mass is 288 g/mol. The molecule has 1 atom stereocenters. The number of unbranched alkanes of at least 4 members (excludes halogenated alkanes) is 1. The minimum Gasteiger partial charge on any atom is -0.374 e. The van der Waals surface area contributed by atoms with Crippen LogP contribution in [0.25, 0.3) is 0 Å². The van der Waals surface area contributed by atoms with Crippen molar-refractivity contribution in [3.63, 3.8) is 0 Å². The molecule has 20 heavy (non-hydrogen) atoms. The van der Waals surface area contributed by atoms with Gasteiger partial charge in [0.25, 0.3) is 0 Å². The summed E-state index contributed by atoms with van der Waals surface area (Å²) in [7, 11) is 1.83. The third-order valence-corrected chi connectivity index (χ3v) is 3.07. The standard InChI is InChI=1S/C12H24N2O2.2C2H6/c1-4-5-6-14-7-8-16-12(10-14)9-13(3)11(2)15;2*1-2/h12H,4-10H2,1-3H3;2*1-2H3. The van der Waals surface area contributed by atoms with E-state index in [2.05, 4.69) is 11.8 Å². The lowest BCUT2D eigenvalue weighted by molar-refractivity contribution is -0.130. The molecular weight excluding hydrogens is 252 g/mol. The SMILES string of the molecule is CC.CC.CCCCN1CCOC(CN(C)C(C)=O)C1. The van der Waals surface area contributed by atoms with Crippen molar-refractivity contribution in [2.75, 3.05) is 39.8 Å². The lowest BCUT2D eigenvalue weighted by Gasteiger charge is -2.34. The van der Waals surface area contributed by atoms with Gasteiger partial charge in [-0.15, -0.1) is 0 Å². The molecule has 0 saturated carbocycles. The zero-order valence-electron chi connectivity index (χ0n) is 14.7. The van der Waals surface area contributed by atoms with E-state index in [4.69, 9.17) is 4.74 Å². The predicted octanol–water partition coefficient (Wildman–Crippen LogP) is 3.02. The molecule has 0 aromatic rings. The lowest BCUT2D eigenvalue weighted by atomic mass is 10.2. The van der Waals surface area contributed by atoms with E-state index in [0.717, 1.165) is 26.2 Å². The predicted molar refractivity (Wildman–Crippen MR) is 87.1 cm³/mol. The number of rotatable bonds is 5. The van der Waals surface area contributed by atoms with Crippen molar-refractivity contribution >= 4 is 5.91 Å². The van der Waals surface area contributed by atoms with E-state index in [1.54, 1.807) is 11.8 Å². The zero-order valence-corrected chi connectivity index (χ0v) is 14.7. The van der Waals surface area contributed by atoms with Gasteiger partial charge in [0.2, 0.25) is 5.91 Å². The highest BCUT2D eigenvalue weighted by molar-refractivity contribution is 5.72. The molecule has 0 spiro atoms. The normalized spacial score (nSPS) is 18.2. The van der Waals surface area contributed by atoms with Crippen LogP contribution >= 0.6 is 0 Å². The van der Waals surface area contributed by atoms with E-state index in [1.807, 2.05) is 34.7 Å². The number of nitrogens with zero attached hydrogens (tertiary/aromatic N) is 2. The minimum absolute atomic E-state index is 0.106. The first-order chi connectivity index (χ1) is 9.63. The molecule has 1 unspecified atom stereocenters. The fraction of sp³-hybridized carbons (Fsp3) is 0.938. The fourth-order valence-electron chi connectivity index (χ4n) is 1.91. The summed E-state index contributed by atoms with van der Waals surface area (Å²) in [6, 6.07) is 0. The van der Waals surface area contributed by atoms with Gasteiger partial charge in [-0.1, -0.05) is 41.0 Å². The summed E-state index contributed by atoms with van der Waals surface area (Å²) in [6.07, 6.45) is 2.66. The first-order valence-corrected chi connectivity index (χ1v) is 8.19. The van der Waals surface area contributed by atoms with E-state index < -0.39 is 0 Å². The van der Waals surface area contributed by atoms with Crippen molar-refractivity contribution in [3.05, 3.63) is 0 Å². The van der Waals surface area contributed by atoms with Crippen LogP contribution in [0.5, 0.6) is 0 Å². The van der Waals surface area contributed by atoms with E-state index in [9.17, 15) is 4.79 Å². The van der Waals surface area contributed by atoms with Crippen LogP contribution in [0.3, 0.4) is 0 Å². The second kappa shape index (κ2) is 14.8. The van der Waals surface area contributed by atoms with Crippen LogP contribution in [0.4, 0.5) is 0 Å². The summed E-state index contributed by atoms with van der Waals surface area (Å²) >= 11 is 0. The Morgan fingerprint density at radius 3 is 2.40 bits per heavy atom. The summed E-state index contributed by atoms with van der Waals surface area (Å²) in [5, 5.41) is 0. The molecule has 0 aromatic heterocycles. The Bertz CT molecular complexity index is 223. The zero-order chi connectivity index (χ0) is 16.0. The Labute approximate surface area is 126 Å². The smallest absolute Gasteiger partial charge is 0.219 e. The van der Waals surface area contributed by atoms with Gasteiger partial charge in [-0.2, -0.15) is 0 Å². The summed E-state index contributed by atoms with van der Waals surface area (Å²) in [5.74, 6) is 0.106. The van der Waals surface area contributed by atoms with Gasteiger partial charge in [-0.05, 0) is 13.0 Å². The molecule has 4 nitrogen and oxygen atoms in total. The van der Waals surface area contributed by atoms with Gasteiger partial charge in [-0.25, -0.2) is 0 Å². The molecule has 1 saturated heterocycles. The van der Waals surface area contributed by atoms with Crippen LogP contribution in [0.15, 0.2) is 0 Å². The number of morpholine rings is 1. The molecule has 1 aliphatic rings. The van der Waals surface area contributed by atoms with Crippen LogP contribution < -0.4 is 0 Å². The van der Waals surface area contributed by atoms with E-state index in [0.29, 0.717) is 6.54 Å². The summed E-state index contributed by atoms with van der Waals surface area (Å²) in [6.45, 7) is 16.4. The molecule has 0 N–H and O–H groups in total. The van der Waals surface area contributed by atoms with Gasteiger partial charge in [0, 0.05) is 33.6 Å². The first-order valence-electron chi connectivity index (χ1n) is 8.19. The molecular formula is C16H36N2O2. The average molecular weight is 288 g/mol. The highest BCUT2D eigenvalue weighted by Gasteiger charge is 2.21. The lowest BCUT2D eigenvalue weighted by Crippen LogP contribution is -2.47. The van der Waals surface area contributed by atoms with Crippen molar-refractivity contribution in [2.24, 2.45) is 0 Å². The molecule has 4 heteroatoms. The van der Waals surface area contributed by atoms with Crippen molar-refractivity contribution in [2.45, 2.75) is 60.5 Å². The Hall–Kier alpha value is -0.610. The van der Waals surface area contributed by atoms with Crippen molar-refractivity contribution in [1.29, 1.82) is 0 Å². The topological polar surface area (TPSA) is 32.8 Å². The third-order valence-electron chi connectivity index (χ3n) is 3.07. The molecule has 0 aliphatic carbocycles. The first kappa shape index (κ1) is 21.7. The van der Waals surface area contributed by atoms with Crippen LogP contribution in [0, 0.1) is 0 Å². The van der Waals surface area contributed by atoms with Gasteiger partial charge in [-0.3, -0.25) is 9.69 Å². The molecule has 1 heterocycles. The van der Waals surface area contributed by atoms with E-state index in [-0.39, 0.29) is 12.0 Å². The Morgan fingerprint density at radius 1 is 1.30 bits per heavy atom. The third kappa shape index (κ3) is 10.2. The number of amides is 1. The van der Waals surface area contributed by atoms with E-state index >= 15 is 0 Å². The van der Waals surface area contributed by atoms with Gasteiger partial charge in [0.1, 0.15) is 0 Å². The maximum atomic E-state index is 11.1. The highest BCUT2D eigenvalue weighted by Crippen LogP contribution is 2.07. The average Bonchev–Trinajstić information content (AvgIpc) is 2.49. The number of hydrogen-bond donors (Lipinski definition) is 0. The molecule has 0 aromatic carbocycles. The quantitative estimate of drug-likeness (QED) is 0.779. The van der Waals surface area contributed by atoms with Crippen molar-refractivity contribution < 1.29 is 9.53 Å². The molecule has 0 bridgehead atoms. The highest BCUT2D eigenvalue weighted by atomic mass is 16.5. The largest absolute Gasteiger partial charge is 0.374 e. The fourth-order valence-corrected chi connectivity index (χ4v) is 1.91. The summed E-state index contributed by atoms with van der Waals surface area (Å²) in [5.41, 5.74) is 0. The maximum absolute atomic E-state index is 11.1. The molecule has 0 radical (unpaired) electrons. The van der Waals surface area contributed by atoms with Crippen LogP contribution in [-0.4, -0.2) is 61.6 Å². The van der Waals surface area contributed by atoms with E-state index in [1.165, 1.54) is 12.8 Å². The Balaban J connectivity index is 0. The molecule has 1 aliphatic heterocycles. The van der Waals surface area contributed by atoms with Gasteiger partial charge >= 0.3 is 0 Å². The number of ether oxygens (including phenoxy) is 1. The number of hydrogen-bond acceptors (Lipinski definition) is 3. The Kier molecular flexibility index (Phi) is 16.0. The van der Waals surface area contributed by atoms with Crippen LogP contribution in [0.1, 0.15) is 54.4 Å². The number of likely N-dealkylation sites (N-methyl/N-ethyl adjacent to an activating group) is 1. The second-order valence-electron chi connectivity index (χ2n) is 4.55. The molecule has 1 fully saturated rings. The summed E-state index contributed by atoms with van der Waals surface area (Å²) < 4.78 is 5.67. The van der Waals surface area contributed by atoms with Gasteiger partial charge in [0.05, 0.1) is 12.7 Å². The second-order valence-corrected chi connectivity index (χ2v) is 4.55. The maximum Gasteiger partial charge on any atom is 0.219 e. The summed E-state index contributed by atoms with van der Waals surface area (Å²) in [4.78, 5) is 15.3. The van der Waals surface area contributed by atoms with Gasteiger partial charge < -0.3 is 9.64 Å². The van der Waals surface area contributed by atoms with Crippen molar-refractivity contribution in [3.8, 4) is 0 Å². The van der Waals surface area contributed by atoms with Crippen LogP contribution in [-0.2, 0) is 9.53 Å². The van der Waals surface area contributed by atoms with Crippen LogP contribution in [0.2, 0.25) is 0 Å². The minimum atomic E-state index is 0.106.